The smallest absolute Gasteiger partial charge is 0.0893 e. The van der Waals surface area contributed by atoms with Crippen LogP contribution in [0.25, 0.3) is 22.2 Å². The van der Waals surface area contributed by atoms with Gasteiger partial charge in [-0.3, -0.25) is 4.98 Å². The Morgan fingerprint density at radius 3 is 2.28 bits per heavy atom. The van der Waals surface area contributed by atoms with Gasteiger partial charge in [0, 0.05) is 6.20 Å². The van der Waals surface area contributed by atoms with E-state index in [1.807, 2.05) is 13.0 Å². The number of hydrogen-bond acceptors (Lipinski definition) is 2. The summed E-state index contributed by atoms with van der Waals surface area (Å²) < 4.78 is 0. The predicted octanol–water partition coefficient (Wildman–Crippen LogP) is 3.91. The highest BCUT2D eigenvalue weighted by Crippen LogP contribution is 2.23. The van der Waals surface area contributed by atoms with Crippen LogP contribution in [0.15, 0.2) is 48.7 Å². The van der Waals surface area contributed by atoms with Gasteiger partial charge in [0.2, 0.25) is 0 Å². The molecule has 3 aromatic rings. The van der Waals surface area contributed by atoms with E-state index in [2.05, 4.69) is 53.3 Å². The van der Waals surface area contributed by atoms with E-state index in [9.17, 15) is 0 Å². The molecule has 2 heteroatoms. The third kappa shape index (κ3) is 1.97. The normalized spacial score (nSPS) is 10.8. The molecule has 0 bridgehead atoms. The molecule has 2 aromatic carbocycles. The highest BCUT2D eigenvalue weighted by Gasteiger charge is 2.01. The molecule has 2 nitrogen and oxygen atoms in total. The number of benzene rings is 2. The molecule has 18 heavy (non-hydrogen) atoms. The molecule has 0 saturated carbocycles. The van der Waals surface area contributed by atoms with Gasteiger partial charge in [-0.2, -0.15) is 0 Å². The van der Waals surface area contributed by atoms with Crippen LogP contribution in [0.5, 0.6) is 0 Å². The van der Waals surface area contributed by atoms with Crippen molar-refractivity contribution in [2.75, 3.05) is 0 Å². The molecular weight excluding hydrogens is 220 g/mol. The van der Waals surface area contributed by atoms with Crippen LogP contribution < -0.4 is 0 Å². The van der Waals surface area contributed by atoms with E-state index >= 15 is 0 Å². The molecule has 0 radical (unpaired) electrons. The van der Waals surface area contributed by atoms with E-state index < -0.39 is 0 Å². The Labute approximate surface area is 106 Å². The third-order valence-corrected chi connectivity index (χ3v) is 3.05. The molecule has 0 atom stereocenters. The molecule has 0 aliphatic rings. The molecule has 0 unspecified atom stereocenters. The third-order valence-electron chi connectivity index (χ3n) is 3.05. The van der Waals surface area contributed by atoms with Crippen LogP contribution in [0.4, 0.5) is 0 Å². The number of fused-ring (bicyclic) bond motifs is 1. The molecule has 0 saturated heterocycles. The van der Waals surface area contributed by atoms with E-state index in [-0.39, 0.29) is 0 Å². The van der Waals surface area contributed by atoms with Gasteiger partial charge in [-0.15, -0.1) is 0 Å². The van der Waals surface area contributed by atoms with Crippen LogP contribution in [0.1, 0.15) is 11.3 Å². The summed E-state index contributed by atoms with van der Waals surface area (Å²) in [6.45, 7) is 4.05. The topological polar surface area (TPSA) is 25.8 Å². The van der Waals surface area contributed by atoms with Gasteiger partial charge < -0.3 is 0 Å². The molecule has 3 rings (SSSR count). The Balaban J connectivity index is 2.13. The lowest BCUT2D eigenvalue weighted by molar-refractivity contribution is 1.19. The Morgan fingerprint density at radius 1 is 0.778 bits per heavy atom. The van der Waals surface area contributed by atoms with Crippen molar-refractivity contribution < 1.29 is 0 Å². The minimum absolute atomic E-state index is 0.943. The zero-order valence-electron chi connectivity index (χ0n) is 10.5. The molecule has 0 fully saturated rings. The largest absolute Gasteiger partial charge is 0.253 e. The van der Waals surface area contributed by atoms with Crippen molar-refractivity contribution in [2.45, 2.75) is 13.8 Å². The minimum Gasteiger partial charge on any atom is -0.253 e. The standard InChI is InChI=1S/C16H14N2/c1-11-3-5-13(6-4-11)14-7-8-15-16(9-14)17-10-12(2)18-15/h3-10H,1-2H3. The molecule has 0 amide bonds. The maximum atomic E-state index is 4.46. The van der Waals surface area contributed by atoms with Gasteiger partial charge >= 0.3 is 0 Å². The van der Waals surface area contributed by atoms with Crippen LogP contribution in [0.3, 0.4) is 0 Å². The molecular formula is C16H14N2. The number of aryl methyl sites for hydroxylation is 2. The zero-order valence-corrected chi connectivity index (χ0v) is 10.5. The summed E-state index contributed by atoms with van der Waals surface area (Å²) in [5.41, 5.74) is 6.51. The first kappa shape index (κ1) is 10.9. The fourth-order valence-electron chi connectivity index (χ4n) is 2.03. The van der Waals surface area contributed by atoms with Crippen LogP contribution in [0.2, 0.25) is 0 Å². The summed E-state index contributed by atoms with van der Waals surface area (Å²) in [4.78, 5) is 8.88. The van der Waals surface area contributed by atoms with Crippen molar-refractivity contribution in [3.8, 4) is 11.1 Å². The van der Waals surface area contributed by atoms with Gasteiger partial charge in [-0.25, -0.2) is 4.98 Å². The summed E-state index contributed by atoms with van der Waals surface area (Å²) in [7, 11) is 0. The van der Waals surface area contributed by atoms with Gasteiger partial charge in [0.25, 0.3) is 0 Å². The van der Waals surface area contributed by atoms with Crippen LogP contribution in [-0.4, -0.2) is 9.97 Å². The molecule has 0 N–H and O–H groups in total. The summed E-state index contributed by atoms with van der Waals surface area (Å²) in [6, 6.07) is 14.7. The molecule has 0 aliphatic carbocycles. The molecule has 88 valence electrons. The second-order valence-corrected chi connectivity index (χ2v) is 4.58. The van der Waals surface area contributed by atoms with Gasteiger partial charge in [-0.1, -0.05) is 35.9 Å². The first-order valence-electron chi connectivity index (χ1n) is 6.03. The molecule has 0 spiro atoms. The Bertz CT molecular complexity index is 700. The van der Waals surface area contributed by atoms with Crippen molar-refractivity contribution in [2.24, 2.45) is 0 Å². The van der Waals surface area contributed by atoms with Crippen LogP contribution >= 0.6 is 0 Å². The fourth-order valence-corrected chi connectivity index (χ4v) is 2.03. The van der Waals surface area contributed by atoms with E-state index in [1.165, 1.54) is 16.7 Å². The van der Waals surface area contributed by atoms with Gasteiger partial charge in [-0.05, 0) is 37.1 Å². The summed E-state index contributed by atoms with van der Waals surface area (Å²) >= 11 is 0. The van der Waals surface area contributed by atoms with E-state index in [0.717, 1.165) is 16.7 Å². The Hall–Kier alpha value is -2.22. The van der Waals surface area contributed by atoms with Gasteiger partial charge in [0.15, 0.2) is 0 Å². The number of nitrogens with zero attached hydrogens (tertiary/aromatic N) is 2. The fraction of sp³-hybridized carbons (Fsp3) is 0.125. The second kappa shape index (κ2) is 4.22. The van der Waals surface area contributed by atoms with Crippen molar-refractivity contribution in [1.82, 2.24) is 9.97 Å². The zero-order chi connectivity index (χ0) is 12.5. The molecule has 1 aromatic heterocycles. The highest BCUT2D eigenvalue weighted by atomic mass is 14.8. The number of rotatable bonds is 1. The maximum absolute atomic E-state index is 4.46. The lowest BCUT2D eigenvalue weighted by atomic mass is 10.0. The lowest BCUT2D eigenvalue weighted by Gasteiger charge is -2.04. The number of hydrogen-bond donors (Lipinski definition) is 0. The predicted molar refractivity (Wildman–Crippen MR) is 74.4 cm³/mol. The first-order chi connectivity index (χ1) is 8.72. The molecule has 1 heterocycles. The van der Waals surface area contributed by atoms with E-state index in [1.54, 1.807) is 6.20 Å². The summed E-state index contributed by atoms with van der Waals surface area (Å²) in [5.74, 6) is 0. The van der Waals surface area contributed by atoms with E-state index in [0.29, 0.717) is 0 Å². The summed E-state index contributed by atoms with van der Waals surface area (Å²) in [6.07, 6.45) is 1.81. The van der Waals surface area contributed by atoms with Crippen molar-refractivity contribution >= 4 is 11.0 Å². The van der Waals surface area contributed by atoms with Gasteiger partial charge in [0.05, 0.1) is 16.7 Å². The van der Waals surface area contributed by atoms with E-state index in [4.69, 9.17) is 0 Å². The molecule has 0 aliphatic heterocycles. The highest BCUT2D eigenvalue weighted by molar-refractivity contribution is 5.81. The van der Waals surface area contributed by atoms with Crippen LogP contribution in [-0.2, 0) is 0 Å². The SMILES string of the molecule is Cc1ccc(-c2ccc3nc(C)cnc3c2)cc1. The van der Waals surface area contributed by atoms with Crippen molar-refractivity contribution in [3.63, 3.8) is 0 Å². The van der Waals surface area contributed by atoms with Gasteiger partial charge in [0.1, 0.15) is 0 Å². The minimum atomic E-state index is 0.943. The maximum Gasteiger partial charge on any atom is 0.0893 e. The lowest BCUT2D eigenvalue weighted by Crippen LogP contribution is -1.88. The number of aromatic nitrogens is 2. The van der Waals surface area contributed by atoms with Crippen molar-refractivity contribution in [1.29, 1.82) is 0 Å². The van der Waals surface area contributed by atoms with Crippen molar-refractivity contribution in [3.05, 3.63) is 59.9 Å². The average Bonchev–Trinajstić information content (AvgIpc) is 2.39. The summed E-state index contributed by atoms with van der Waals surface area (Å²) in [5, 5.41) is 0. The monoisotopic (exact) mass is 234 g/mol. The quantitative estimate of drug-likeness (QED) is 0.638. The average molecular weight is 234 g/mol. The second-order valence-electron chi connectivity index (χ2n) is 4.58. The first-order valence-corrected chi connectivity index (χ1v) is 6.03. The van der Waals surface area contributed by atoms with Crippen LogP contribution in [0, 0.1) is 13.8 Å². The Kier molecular flexibility index (Phi) is 2.56. The Morgan fingerprint density at radius 2 is 1.50 bits per heavy atom.